The lowest BCUT2D eigenvalue weighted by Gasteiger charge is -2.15. The van der Waals surface area contributed by atoms with Crippen LogP contribution in [0, 0.1) is 6.92 Å². The van der Waals surface area contributed by atoms with Gasteiger partial charge in [-0.1, -0.05) is 48.0 Å². The van der Waals surface area contributed by atoms with E-state index >= 15 is 0 Å². The molecule has 0 radical (unpaired) electrons. The van der Waals surface area contributed by atoms with Crippen LogP contribution in [0.5, 0.6) is 5.75 Å². The Morgan fingerprint density at radius 3 is 2.70 bits per heavy atom. The molecule has 0 amide bonds. The number of ether oxygens (including phenoxy) is 1. The highest BCUT2D eigenvalue weighted by Crippen LogP contribution is 2.26. The fraction of sp³-hybridized carbons (Fsp3) is 0.294. The second-order valence-electron chi connectivity index (χ2n) is 4.85. The van der Waals surface area contributed by atoms with Crippen molar-refractivity contribution in [2.45, 2.75) is 18.7 Å². The topological polar surface area (TPSA) is 35.2 Å². The minimum absolute atomic E-state index is 0.000888. The zero-order chi connectivity index (χ0) is 14.4. The summed E-state index contributed by atoms with van der Waals surface area (Å²) in [6, 6.07) is 16.6. The van der Waals surface area contributed by atoms with E-state index in [-0.39, 0.29) is 6.04 Å². The van der Waals surface area contributed by atoms with Gasteiger partial charge in [0, 0.05) is 23.1 Å². The number of thioether (sulfide) groups is 1. The summed E-state index contributed by atoms with van der Waals surface area (Å²) < 4.78 is 5.36. The van der Waals surface area contributed by atoms with E-state index in [4.69, 9.17) is 10.5 Å². The van der Waals surface area contributed by atoms with Crippen molar-refractivity contribution in [3.05, 3.63) is 65.2 Å². The van der Waals surface area contributed by atoms with Gasteiger partial charge in [-0.3, -0.25) is 0 Å². The van der Waals surface area contributed by atoms with Gasteiger partial charge < -0.3 is 10.5 Å². The number of rotatable bonds is 6. The lowest BCUT2D eigenvalue weighted by Crippen LogP contribution is -2.14. The molecule has 2 aromatic carbocycles. The molecule has 1 atom stereocenters. The van der Waals surface area contributed by atoms with Crippen molar-refractivity contribution in [2.75, 3.05) is 12.9 Å². The minimum atomic E-state index is 0.000888. The average Bonchev–Trinajstić information content (AvgIpc) is 2.47. The van der Waals surface area contributed by atoms with E-state index in [1.165, 1.54) is 11.1 Å². The van der Waals surface area contributed by atoms with Crippen LogP contribution in [0.4, 0.5) is 0 Å². The maximum absolute atomic E-state index is 6.26. The SMILES string of the molecule is COc1ccccc1C(N)CSCc1cccc(C)c1. The van der Waals surface area contributed by atoms with E-state index < -0.39 is 0 Å². The molecular formula is C17H21NOS. The smallest absolute Gasteiger partial charge is 0.123 e. The predicted molar refractivity (Wildman–Crippen MR) is 87.3 cm³/mol. The standard InChI is InChI=1S/C17H21NOS/c1-13-6-5-7-14(10-13)11-20-12-16(18)15-8-3-4-9-17(15)19-2/h3-10,16H,11-12,18H2,1-2H3. The van der Waals surface area contributed by atoms with Crippen LogP contribution in [0.15, 0.2) is 48.5 Å². The number of hydrogen-bond donors (Lipinski definition) is 1. The van der Waals surface area contributed by atoms with Gasteiger partial charge in [0.25, 0.3) is 0 Å². The summed E-state index contributed by atoms with van der Waals surface area (Å²) in [7, 11) is 1.69. The average molecular weight is 287 g/mol. The fourth-order valence-corrected chi connectivity index (χ4v) is 3.13. The largest absolute Gasteiger partial charge is 0.496 e. The lowest BCUT2D eigenvalue weighted by atomic mass is 10.1. The van der Waals surface area contributed by atoms with Crippen molar-refractivity contribution in [1.82, 2.24) is 0 Å². The van der Waals surface area contributed by atoms with Crippen molar-refractivity contribution in [3.8, 4) is 5.75 Å². The van der Waals surface area contributed by atoms with Gasteiger partial charge in [0.15, 0.2) is 0 Å². The van der Waals surface area contributed by atoms with Crippen LogP contribution in [0.25, 0.3) is 0 Å². The highest BCUT2D eigenvalue weighted by molar-refractivity contribution is 7.98. The van der Waals surface area contributed by atoms with Crippen molar-refractivity contribution in [3.63, 3.8) is 0 Å². The van der Waals surface area contributed by atoms with Crippen molar-refractivity contribution >= 4 is 11.8 Å². The molecule has 0 saturated heterocycles. The van der Waals surface area contributed by atoms with Gasteiger partial charge in [-0.2, -0.15) is 11.8 Å². The first kappa shape index (κ1) is 14.9. The summed E-state index contributed by atoms with van der Waals surface area (Å²) in [5.41, 5.74) is 9.99. The molecule has 20 heavy (non-hydrogen) atoms. The summed E-state index contributed by atoms with van der Waals surface area (Å²) in [5.74, 6) is 2.75. The molecule has 106 valence electrons. The number of nitrogens with two attached hydrogens (primary N) is 1. The zero-order valence-corrected chi connectivity index (χ0v) is 12.8. The summed E-state index contributed by atoms with van der Waals surface area (Å²) >= 11 is 1.86. The van der Waals surface area contributed by atoms with Gasteiger partial charge in [-0.05, 0) is 18.6 Å². The number of para-hydroxylation sites is 1. The maximum Gasteiger partial charge on any atom is 0.123 e. The first-order valence-corrected chi connectivity index (χ1v) is 7.88. The lowest BCUT2D eigenvalue weighted by molar-refractivity contribution is 0.407. The van der Waals surface area contributed by atoms with Gasteiger partial charge >= 0.3 is 0 Å². The molecular weight excluding hydrogens is 266 g/mol. The second kappa shape index (κ2) is 7.36. The Bertz CT molecular complexity index is 556. The summed E-state index contributed by atoms with van der Waals surface area (Å²) in [6.45, 7) is 2.12. The van der Waals surface area contributed by atoms with Crippen LogP contribution >= 0.6 is 11.8 Å². The molecule has 0 aromatic heterocycles. The van der Waals surface area contributed by atoms with E-state index in [1.54, 1.807) is 7.11 Å². The van der Waals surface area contributed by atoms with Crippen LogP contribution in [0.1, 0.15) is 22.7 Å². The Morgan fingerprint density at radius 2 is 1.95 bits per heavy atom. The summed E-state index contributed by atoms with van der Waals surface area (Å²) in [5, 5.41) is 0. The molecule has 0 fully saturated rings. The Kier molecular flexibility index (Phi) is 5.50. The Labute approximate surface area is 125 Å². The number of methoxy groups -OCH3 is 1. The molecule has 2 nitrogen and oxygen atoms in total. The van der Waals surface area contributed by atoms with E-state index in [2.05, 4.69) is 31.2 Å². The molecule has 0 aliphatic carbocycles. The van der Waals surface area contributed by atoms with Crippen LogP contribution in [0.3, 0.4) is 0 Å². The van der Waals surface area contributed by atoms with Crippen LogP contribution in [-0.2, 0) is 5.75 Å². The zero-order valence-electron chi connectivity index (χ0n) is 12.0. The normalized spacial score (nSPS) is 12.2. The Morgan fingerprint density at radius 1 is 1.15 bits per heavy atom. The number of benzene rings is 2. The van der Waals surface area contributed by atoms with E-state index in [0.717, 1.165) is 22.8 Å². The highest BCUT2D eigenvalue weighted by Gasteiger charge is 2.11. The van der Waals surface area contributed by atoms with Gasteiger partial charge in [-0.25, -0.2) is 0 Å². The van der Waals surface area contributed by atoms with E-state index in [1.807, 2.05) is 36.0 Å². The number of aryl methyl sites for hydroxylation is 1. The quantitative estimate of drug-likeness (QED) is 0.874. The van der Waals surface area contributed by atoms with Gasteiger partial charge in [0.2, 0.25) is 0 Å². The summed E-state index contributed by atoms with van der Waals surface area (Å²) in [4.78, 5) is 0. The molecule has 0 spiro atoms. The number of hydrogen-bond acceptors (Lipinski definition) is 3. The fourth-order valence-electron chi connectivity index (χ4n) is 2.17. The molecule has 3 heteroatoms. The first-order chi connectivity index (χ1) is 9.70. The molecule has 2 rings (SSSR count). The molecule has 0 heterocycles. The molecule has 0 aliphatic rings. The molecule has 0 bridgehead atoms. The van der Waals surface area contributed by atoms with Gasteiger partial charge in [0.05, 0.1) is 7.11 Å². The Hall–Kier alpha value is -1.45. The molecule has 2 N–H and O–H groups in total. The van der Waals surface area contributed by atoms with E-state index in [9.17, 15) is 0 Å². The van der Waals surface area contributed by atoms with E-state index in [0.29, 0.717) is 0 Å². The van der Waals surface area contributed by atoms with Crippen LogP contribution in [0.2, 0.25) is 0 Å². The van der Waals surface area contributed by atoms with Crippen molar-refractivity contribution < 1.29 is 4.74 Å². The third-order valence-corrected chi connectivity index (χ3v) is 4.32. The second-order valence-corrected chi connectivity index (χ2v) is 5.88. The molecule has 0 saturated carbocycles. The molecule has 1 unspecified atom stereocenters. The molecule has 0 aliphatic heterocycles. The van der Waals surface area contributed by atoms with Crippen LogP contribution in [-0.4, -0.2) is 12.9 Å². The van der Waals surface area contributed by atoms with Gasteiger partial charge in [0.1, 0.15) is 5.75 Å². The molecule has 2 aromatic rings. The minimum Gasteiger partial charge on any atom is -0.496 e. The summed E-state index contributed by atoms with van der Waals surface area (Å²) in [6.07, 6.45) is 0. The maximum atomic E-state index is 6.26. The predicted octanol–water partition coefficient (Wildman–Crippen LogP) is 3.94. The highest BCUT2D eigenvalue weighted by atomic mass is 32.2. The Balaban J connectivity index is 1.90. The first-order valence-electron chi connectivity index (χ1n) is 6.72. The van der Waals surface area contributed by atoms with Crippen molar-refractivity contribution in [1.29, 1.82) is 0 Å². The van der Waals surface area contributed by atoms with Gasteiger partial charge in [-0.15, -0.1) is 0 Å². The van der Waals surface area contributed by atoms with Crippen LogP contribution < -0.4 is 10.5 Å². The van der Waals surface area contributed by atoms with Crippen molar-refractivity contribution in [2.24, 2.45) is 5.73 Å². The monoisotopic (exact) mass is 287 g/mol. The third kappa shape index (κ3) is 4.02. The third-order valence-electron chi connectivity index (χ3n) is 3.19.